The molecule has 0 radical (unpaired) electrons. The molecule has 2 N–H and O–H groups in total. The van der Waals surface area contributed by atoms with Gasteiger partial charge in [0.15, 0.2) is 0 Å². The molecule has 1 aliphatic rings. The highest BCUT2D eigenvalue weighted by molar-refractivity contribution is 7.83. The first-order chi connectivity index (χ1) is 14.5. The molecule has 0 bridgehead atoms. The lowest BCUT2D eigenvalue weighted by atomic mass is 10.1. The molecule has 5 nitrogen and oxygen atoms in total. The van der Waals surface area contributed by atoms with E-state index < -0.39 is 11.0 Å². The van der Waals surface area contributed by atoms with Crippen LogP contribution in [0.25, 0.3) is 0 Å². The van der Waals surface area contributed by atoms with Crippen molar-refractivity contribution in [3.63, 3.8) is 0 Å². The molecule has 2 rings (SSSR count). The van der Waals surface area contributed by atoms with Crippen molar-refractivity contribution in [2.75, 3.05) is 20.6 Å². The molecule has 1 aromatic rings. The minimum absolute atomic E-state index is 0.0706. The Balaban J connectivity index is 0. The molecule has 0 spiro atoms. The third-order valence-corrected chi connectivity index (χ3v) is 5.02. The van der Waals surface area contributed by atoms with Gasteiger partial charge in [0.1, 0.15) is 11.0 Å². The van der Waals surface area contributed by atoms with E-state index in [0.29, 0.717) is 6.54 Å². The zero-order valence-corrected chi connectivity index (χ0v) is 20.9. The van der Waals surface area contributed by atoms with E-state index in [1.807, 2.05) is 65.0 Å². The van der Waals surface area contributed by atoms with Crippen molar-refractivity contribution in [2.24, 2.45) is 0 Å². The van der Waals surface area contributed by atoms with Gasteiger partial charge in [0, 0.05) is 19.3 Å². The molecule has 1 fully saturated rings. The lowest BCUT2D eigenvalue weighted by Gasteiger charge is -2.27. The van der Waals surface area contributed by atoms with Crippen LogP contribution < -0.4 is 10.0 Å². The molecular formula is C24H41N3O2S. The minimum atomic E-state index is -1.05. The van der Waals surface area contributed by atoms with E-state index in [2.05, 4.69) is 23.5 Å². The number of urea groups is 1. The van der Waals surface area contributed by atoms with Gasteiger partial charge in [-0.15, -0.1) is 0 Å². The van der Waals surface area contributed by atoms with Crippen molar-refractivity contribution in [1.29, 1.82) is 0 Å². The van der Waals surface area contributed by atoms with Crippen LogP contribution in [0.1, 0.15) is 53.5 Å². The summed E-state index contributed by atoms with van der Waals surface area (Å²) >= 11 is 0. The van der Waals surface area contributed by atoms with E-state index in [9.17, 15) is 9.00 Å². The van der Waals surface area contributed by atoms with Gasteiger partial charge in [-0.05, 0) is 43.7 Å². The van der Waals surface area contributed by atoms with Crippen LogP contribution in [-0.2, 0) is 17.4 Å². The number of carbonyl (C=O) groups is 1. The summed E-state index contributed by atoms with van der Waals surface area (Å²) < 4.78 is 14.3. The van der Waals surface area contributed by atoms with Crippen molar-refractivity contribution >= 4 is 17.0 Å². The number of hydrogen-bond donors (Lipinski definition) is 2. The fraction of sp³-hybridized carbons (Fsp3) is 0.458. The Morgan fingerprint density at radius 1 is 1.23 bits per heavy atom. The van der Waals surface area contributed by atoms with E-state index in [-0.39, 0.29) is 6.03 Å². The number of nitrogens with zero attached hydrogens (tertiary/aromatic N) is 1. The summed E-state index contributed by atoms with van der Waals surface area (Å²) in [6.07, 6.45) is 7.54. The minimum Gasteiger partial charge on any atom is -0.323 e. The number of hydrogen-bond acceptors (Lipinski definition) is 2. The standard InChI is InChI=1S/C10H14N2O.C10H15NOS.2C2H6/c1-4-6-9-8(5-2)7-12(3)10(13)11-9;1-3-6-9-7-4-5-8-10(9)13(12)11-2;2*1-2/h4-6H,1,7H2,2-3H3,(H,11,13);4-5,7-8,11H,3,6H2,1-2H3;2*1-2H3/b8-5-,9-6+;;;. The molecule has 1 atom stereocenters. The average Bonchev–Trinajstić information content (AvgIpc) is 2.79. The van der Waals surface area contributed by atoms with Gasteiger partial charge in [-0.1, -0.05) is 78.0 Å². The largest absolute Gasteiger partial charge is 0.323 e. The number of rotatable bonds is 5. The first-order valence-electron chi connectivity index (χ1n) is 10.7. The molecule has 0 saturated carbocycles. The summed E-state index contributed by atoms with van der Waals surface area (Å²) in [5, 5.41) is 2.78. The average molecular weight is 436 g/mol. The Bertz CT molecular complexity index is 712. The van der Waals surface area contributed by atoms with Crippen molar-refractivity contribution in [2.45, 2.75) is 59.3 Å². The van der Waals surface area contributed by atoms with E-state index >= 15 is 0 Å². The van der Waals surface area contributed by atoms with E-state index in [1.165, 1.54) is 5.56 Å². The highest BCUT2D eigenvalue weighted by Crippen LogP contribution is 2.14. The summed E-state index contributed by atoms with van der Waals surface area (Å²) in [6.45, 7) is 16.3. The summed E-state index contributed by atoms with van der Waals surface area (Å²) in [4.78, 5) is 13.8. The molecule has 1 unspecified atom stereocenters. The Labute approximate surface area is 186 Å². The topological polar surface area (TPSA) is 61.4 Å². The molecule has 1 aliphatic heterocycles. The first-order valence-corrected chi connectivity index (χ1v) is 11.8. The maximum absolute atomic E-state index is 11.5. The Hall–Kier alpha value is -2.18. The first kappa shape index (κ1) is 30.0. The van der Waals surface area contributed by atoms with Gasteiger partial charge >= 0.3 is 6.03 Å². The molecule has 0 aliphatic carbocycles. The second-order valence-electron chi connectivity index (χ2n) is 5.75. The second-order valence-corrected chi connectivity index (χ2v) is 7.13. The van der Waals surface area contributed by atoms with Crippen LogP contribution in [-0.4, -0.2) is 35.8 Å². The molecule has 6 heteroatoms. The Morgan fingerprint density at radius 2 is 1.83 bits per heavy atom. The van der Waals surface area contributed by atoms with Crippen LogP contribution in [0.2, 0.25) is 0 Å². The normalized spacial score (nSPS) is 16.1. The van der Waals surface area contributed by atoms with Crippen molar-refractivity contribution in [1.82, 2.24) is 14.9 Å². The highest BCUT2D eigenvalue weighted by Gasteiger charge is 2.19. The van der Waals surface area contributed by atoms with E-state index in [1.54, 1.807) is 31.1 Å². The Kier molecular flexibility index (Phi) is 18.8. The van der Waals surface area contributed by atoms with E-state index in [0.717, 1.165) is 29.0 Å². The lowest BCUT2D eigenvalue weighted by Crippen LogP contribution is -2.44. The third-order valence-electron chi connectivity index (χ3n) is 3.85. The number of carbonyl (C=O) groups excluding carboxylic acids is 1. The molecule has 2 amide bonds. The molecular weight excluding hydrogens is 394 g/mol. The molecule has 170 valence electrons. The van der Waals surface area contributed by atoms with Crippen LogP contribution in [0.3, 0.4) is 0 Å². The summed E-state index contributed by atoms with van der Waals surface area (Å²) in [7, 11) is 2.42. The van der Waals surface area contributed by atoms with Gasteiger partial charge in [-0.2, -0.15) is 0 Å². The van der Waals surface area contributed by atoms with Gasteiger partial charge in [0.25, 0.3) is 0 Å². The van der Waals surface area contributed by atoms with Crippen LogP contribution in [0.15, 0.2) is 65.2 Å². The summed E-state index contributed by atoms with van der Waals surface area (Å²) in [5.41, 5.74) is 3.14. The Morgan fingerprint density at radius 3 is 2.33 bits per heavy atom. The summed E-state index contributed by atoms with van der Waals surface area (Å²) in [6, 6.07) is 7.79. The fourth-order valence-corrected chi connectivity index (χ4v) is 3.32. The lowest BCUT2D eigenvalue weighted by molar-refractivity contribution is 0.211. The number of allylic oxidation sites excluding steroid dienone is 3. The molecule has 0 aromatic heterocycles. The van der Waals surface area contributed by atoms with Crippen LogP contribution in [0.5, 0.6) is 0 Å². The maximum Gasteiger partial charge on any atom is 0.321 e. The fourth-order valence-electron chi connectivity index (χ4n) is 2.49. The van der Waals surface area contributed by atoms with Crippen molar-refractivity contribution in [3.8, 4) is 0 Å². The maximum atomic E-state index is 11.5. The highest BCUT2D eigenvalue weighted by atomic mass is 32.2. The zero-order valence-electron chi connectivity index (χ0n) is 20.0. The van der Waals surface area contributed by atoms with Crippen LogP contribution >= 0.6 is 0 Å². The SMILES string of the molecule is C=C/C=C1/NC(=O)N(C)C/C1=C/C.CC.CC.CCCc1ccccc1S(=O)NC. The van der Waals surface area contributed by atoms with E-state index in [4.69, 9.17) is 0 Å². The predicted molar refractivity (Wildman–Crippen MR) is 132 cm³/mol. The van der Waals surface area contributed by atoms with Gasteiger partial charge in [0.2, 0.25) is 0 Å². The van der Waals surface area contributed by atoms with Crippen LogP contribution in [0.4, 0.5) is 4.79 Å². The molecule has 1 heterocycles. The smallest absolute Gasteiger partial charge is 0.321 e. The van der Waals surface area contributed by atoms with Gasteiger partial charge in [-0.3, -0.25) is 0 Å². The number of aryl methyl sites for hydroxylation is 1. The summed E-state index contributed by atoms with van der Waals surface area (Å²) in [5.74, 6) is 0. The third kappa shape index (κ3) is 10.6. The number of nitrogens with one attached hydrogen (secondary N) is 2. The molecule has 30 heavy (non-hydrogen) atoms. The molecule has 1 saturated heterocycles. The quantitative estimate of drug-likeness (QED) is 0.633. The van der Waals surface area contributed by atoms with Crippen molar-refractivity contribution < 1.29 is 9.00 Å². The number of amides is 2. The number of benzene rings is 1. The predicted octanol–water partition coefficient (Wildman–Crippen LogP) is 5.59. The monoisotopic (exact) mass is 435 g/mol. The van der Waals surface area contributed by atoms with Gasteiger partial charge in [-0.25, -0.2) is 13.7 Å². The number of likely N-dealkylation sites (N-methyl/N-ethyl adjacent to an activating group) is 1. The molecule has 1 aromatic carbocycles. The van der Waals surface area contributed by atoms with Gasteiger partial charge < -0.3 is 10.2 Å². The van der Waals surface area contributed by atoms with Gasteiger partial charge in [0.05, 0.1) is 4.90 Å². The van der Waals surface area contributed by atoms with Crippen molar-refractivity contribution in [3.05, 3.63) is 65.9 Å². The zero-order chi connectivity index (χ0) is 23.5. The second kappa shape index (κ2) is 18.8. The van der Waals surface area contributed by atoms with Crippen LogP contribution in [0, 0.1) is 0 Å².